The van der Waals surface area contributed by atoms with E-state index in [0.717, 1.165) is 32.4 Å². The Kier molecular flexibility index (Phi) is 6.91. The molecule has 20 heavy (non-hydrogen) atoms. The topological polar surface area (TPSA) is 61.4 Å². The van der Waals surface area contributed by atoms with Gasteiger partial charge in [-0.25, -0.2) is 4.72 Å². The molecule has 0 radical (unpaired) electrons. The van der Waals surface area contributed by atoms with Crippen LogP contribution in [0.2, 0.25) is 0 Å². The third kappa shape index (κ3) is 5.68. The zero-order valence-corrected chi connectivity index (χ0v) is 14.2. The van der Waals surface area contributed by atoms with Crippen LogP contribution >= 0.6 is 0 Å². The maximum absolute atomic E-state index is 12.3. The van der Waals surface area contributed by atoms with Crippen LogP contribution in [0.4, 0.5) is 0 Å². The Balaban J connectivity index is 2.43. The maximum atomic E-state index is 12.3. The first-order valence-electron chi connectivity index (χ1n) is 7.76. The highest BCUT2D eigenvalue weighted by Gasteiger charge is 2.29. The molecule has 1 rings (SSSR count). The molecule has 0 unspecified atom stereocenters. The number of hydrogen-bond acceptors (Lipinski definition) is 3. The summed E-state index contributed by atoms with van der Waals surface area (Å²) in [6, 6.07) is 0. The van der Waals surface area contributed by atoms with Crippen LogP contribution in [0.15, 0.2) is 0 Å². The van der Waals surface area contributed by atoms with Crippen molar-refractivity contribution in [2.75, 3.05) is 32.7 Å². The van der Waals surface area contributed by atoms with E-state index in [1.165, 1.54) is 0 Å². The van der Waals surface area contributed by atoms with Gasteiger partial charge < -0.3 is 5.32 Å². The summed E-state index contributed by atoms with van der Waals surface area (Å²) in [7, 11) is -3.31. The van der Waals surface area contributed by atoms with Crippen molar-refractivity contribution < 1.29 is 8.42 Å². The lowest BCUT2D eigenvalue weighted by Gasteiger charge is -2.32. The lowest BCUT2D eigenvalue weighted by molar-refractivity contribution is 0.262. The van der Waals surface area contributed by atoms with E-state index in [4.69, 9.17) is 0 Å². The minimum absolute atomic E-state index is 0.0104. The van der Waals surface area contributed by atoms with Gasteiger partial charge in [-0.05, 0) is 43.7 Å². The van der Waals surface area contributed by atoms with E-state index in [0.29, 0.717) is 25.6 Å². The highest BCUT2D eigenvalue weighted by molar-refractivity contribution is 7.87. The third-order valence-electron chi connectivity index (χ3n) is 4.29. The second-order valence-corrected chi connectivity index (χ2v) is 8.25. The summed E-state index contributed by atoms with van der Waals surface area (Å²) < 4.78 is 28.9. The zero-order chi connectivity index (χ0) is 15.2. The van der Waals surface area contributed by atoms with Crippen LogP contribution in [0.5, 0.6) is 0 Å². The molecule has 0 aromatic carbocycles. The average molecular weight is 305 g/mol. The molecule has 1 fully saturated rings. The van der Waals surface area contributed by atoms with Gasteiger partial charge in [0.2, 0.25) is 0 Å². The van der Waals surface area contributed by atoms with E-state index in [-0.39, 0.29) is 5.41 Å². The Labute approximate surface area is 124 Å². The molecule has 0 saturated carbocycles. The molecule has 0 spiro atoms. The van der Waals surface area contributed by atoms with Gasteiger partial charge in [-0.1, -0.05) is 27.7 Å². The van der Waals surface area contributed by atoms with Crippen molar-refractivity contribution in [3.05, 3.63) is 0 Å². The summed E-state index contributed by atoms with van der Waals surface area (Å²) in [6.07, 6.45) is 2.86. The summed E-state index contributed by atoms with van der Waals surface area (Å²) >= 11 is 0. The highest BCUT2D eigenvalue weighted by Crippen LogP contribution is 2.21. The van der Waals surface area contributed by atoms with Gasteiger partial charge in [0.15, 0.2) is 0 Å². The van der Waals surface area contributed by atoms with E-state index < -0.39 is 10.2 Å². The van der Waals surface area contributed by atoms with E-state index in [1.54, 1.807) is 4.31 Å². The van der Waals surface area contributed by atoms with Crippen LogP contribution in [-0.4, -0.2) is 45.4 Å². The van der Waals surface area contributed by atoms with Crippen molar-refractivity contribution in [3.63, 3.8) is 0 Å². The average Bonchev–Trinajstić information content (AvgIpc) is 2.44. The summed E-state index contributed by atoms with van der Waals surface area (Å²) in [6.45, 7) is 12.1. The largest absolute Gasteiger partial charge is 0.317 e. The Morgan fingerprint density at radius 2 is 1.80 bits per heavy atom. The van der Waals surface area contributed by atoms with Gasteiger partial charge in [-0.3, -0.25) is 0 Å². The minimum atomic E-state index is -3.31. The summed E-state index contributed by atoms with van der Waals surface area (Å²) in [5.41, 5.74) is 0.0104. The maximum Gasteiger partial charge on any atom is 0.279 e. The zero-order valence-electron chi connectivity index (χ0n) is 13.4. The van der Waals surface area contributed by atoms with Crippen LogP contribution in [0.1, 0.15) is 47.0 Å². The molecule has 1 aliphatic rings. The quantitative estimate of drug-likeness (QED) is 0.716. The van der Waals surface area contributed by atoms with Gasteiger partial charge in [0.05, 0.1) is 0 Å². The van der Waals surface area contributed by atoms with Gasteiger partial charge in [-0.2, -0.15) is 12.7 Å². The van der Waals surface area contributed by atoms with Crippen molar-refractivity contribution in [1.29, 1.82) is 0 Å². The molecule has 1 saturated heterocycles. The predicted molar refractivity (Wildman–Crippen MR) is 83.8 cm³/mol. The molecule has 0 aromatic rings. The van der Waals surface area contributed by atoms with Crippen LogP contribution in [0.3, 0.4) is 0 Å². The fraction of sp³-hybridized carbons (Fsp3) is 1.00. The molecule has 0 bridgehead atoms. The van der Waals surface area contributed by atoms with E-state index >= 15 is 0 Å². The normalized spacial score (nSPS) is 19.4. The molecule has 0 aromatic heterocycles. The molecule has 120 valence electrons. The minimum Gasteiger partial charge on any atom is -0.317 e. The lowest BCUT2D eigenvalue weighted by atomic mass is 9.91. The number of hydrogen-bond donors (Lipinski definition) is 2. The first kappa shape index (κ1) is 17.9. The first-order valence-corrected chi connectivity index (χ1v) is 9.20. The summed E-state index contributed by atoms with van der Waals surface area (Å²) in [4.78, 5) is 0. The lowest BCUT2D eigenvalue weighted by Crippen LogP contribution is -2.48. The van der Waals surface area contributed by atoms with E-state index in [2.05, 4.69) is 37.7 Å². The van der Waals surface area contributed by atoms with Crippen molar-refractivity contribution in [2.24, 2.45) is 11.3 Å². The monoisotopic (exact) mass is 305 g/mol. The molecular formula is C14H31N3O2S. The molecule has 0 atom stereocenters. The molecule has 0 aliphatic carbocycles. The van der Waals surface area contributed by atoms with Gasteiger partial charge in [-0.15, -0.1) is 0 Å². The Morgan fingerprint density at radius 3 is 2.30 bits per heavy atom. The third-order valence-corrected chi connectivity index (χ3v) is 5.84. The first-order chi connectivity index (χ1) is 9.30. The van der Waals surface area contributed by atoms with Crippen molar-refractivity contribution >= 4 is 10.2 Å². The van der Waals surface area contributed by atoms with Crippen LogP contribution in [0.25, 0.3) is 0 Å². The van der Waals surface area contributed by atoms with Crippen LogP contribution < -0.4 is 10.0 Å². The molecule has 5 nitrogen and oxygen atoms in total. The molecule has 1 aliphatic heterocycles. The predicted octanol–water partition coefficient (Wildman–Crippen LogP) is 1.58. The second kappa shape index (κ2) is 7.73. The molecule has 1 heterocycles. The van der Waals surface area contributed by atoms with Gasteiger partial charge in [0.25, 0.3) is 10.2 Å². The van der Waals surface area contributed by atoms with Gasteiger partial charge in [0, 0.05) is 19.6 Å². The SMILES string of the molecule is CCNCC1CCN(S(=O)(=O)NCC(C)(C)CC)CC1. The number of piperidine rings is 1. The highest BCUT2D eigenvalue weighted by atomic mass is 32.2. The molecular weight excluding hydrogens is 274 g/mol. The van der Waals surface area contributed by atoms with Crippen molar-refractivity contribution in [2.45, 2.75) is 47.0 Å². The Hall–Kier alpha value is -0.170. The molecule has 2 N–H and O–H groups in total. The second-order valence-electron chi connectivity index (χ2n) is 6.49. The van der Waals surface area contributed by atoms with Crippen molar-refractivity contribution in [1.82, 2.24) is 14.3 Å². The van der Waals surface area contributed by atoms with Crippen LogP contribution in [0, 0.1) is 11.3 Å². The van der Waals surface area contributed by atoms with Crippen LogP contribution in [-0.2, 0) is 10.2 Å². The summed E-state index contributed by atoms with van der Waals surface area (Å²) in [5.74, 6) is 0.605. The van der Waals surface area contributed by atoms with E-state index in [1.807, 2.05) is 0 Å². The van der Waals surface area contributed by atoms with E-state index in [9.17, 15) is 8.42 Å². The molecule has 0 amide bonds. The number of rotatable bonds is 8. The standard InChI is InChI=1S/C14H31N3O2S/c1-5-14(3,4)12-16-20(18,19)17-9-7-13(8-10-17)11-15-6-2/h13,15-16H,5-12H2,1-4H3. The molecule has 6 heteroatoms. The number of nitrogens with zero attached hydrogens (tertiary/aromatic N) is 1. The van der Waals surface area contributed by atoms with Gasteiger partial charge in [0.1, 0.15) is 0 Å². The smallest absolute Gasteiger partial charge is 0.279 e. The number of nitrogens with one attached hydrogen (secondary N) is 2. The Morgan fingerprint density at radius 1 is 1.20 bits per heavy atom. The summed E-state index contributed by atoms with van der Waals surface area (Å²) in [5, 5.41) is 3.34. The van der Waals surface area contributed by atoms with Crippen molar-refractivity contribution in [3.8, 4) is 0 Å². The Bertz CT molecular complexity index is 374. The fourth-order valence-electron chi connectivity index (χ4n) is 2.21. The van der Waals surface area contributed by atoms with Gasteiger partial charge >= 0.3 is 0 Å². The fourth-order valence-corrected chi connectivity index (χ4v) is 3.65.